The predicted octanol–water partition coefficient (Wildman–Crippen LogP) is 2.68. The number of hydrogen-bond acceptors (Lipinski definition) is 3. The van der Waals surface area contributed by atoms with E-state index in [0.717, 1.165) is 31.6 Å². The number of rotatable bonds is 3. The number of anilines is 1. The molecule has 3 N–H and O–H groups in total. The largest absolute Gasteiger partial charge is 0.480 e. The molecule has 1 aliphatic rings. The van der Waals surface area contributed by atoms with Crippen LogP contribution < -0.4 is 10.6 Å². The van der Waals surface area contributed by atoms with Crippen molar-refractivity contribution in [2.24, 2.45) is 5.73 Å². The Morgan fingerprint density at radius 3 is 2.44 bits per heavy atom. The molecule has 1 aromatic carbocycles. The highest BCUT2D eigenvalue weighted by molar-refractivity contribution is 6.44. The Hall–Kier alpha value is -0.970. The van der Waals surface area contributed by atoms with Gasteiger partial charge in [-0.1, -0.05) is 29.3 Å². The number of carboxylic acids is 1. The van der Waals surface area contributed by atoms with Crippen LogP contribution in [-0.4, -0.2) is 24.2 Å². The molecule has 1 atom stereocenters. The van der Waals surface area contributed by atoms with Crippen molar-refractivity contribution < 1.29 is 9.90 Å². The number of benzene rings is 1. The molecule has 1 saturated heterocycles. The van der Waals surface area contributed by atoms with E-state index in [2.05, 4.69) is 4.90 Å². The normalized spacial score (nSPS) is 16.9. The second-order valence-corrected chi connectivity index (χ2v) is 5.07. The van der Waals surface area contributed by atoms with Gasteiger partial charge in [0.2, 0.25) is 0 Å². The van der Waals surface area contributed by atoms with Crippen LogP contribution in [0.5, 0.6) is 0 Å². The first-order valence-electron chi connectivity index (χ1n) is 5.73. The van der Waals surface area contributed by atoms with E-state index in [1.54, 1.807) is 12.1 Å². The third-order valence-corrected chi connectivity index (χ3v) is 4.03. The Balaban J connectivity index is 2.37. The maximum atomic E-state index is 10.9. The fourth-order valence-corrected chi connectivity index (χ4v) is 2.70. The van der Waals surface area contributed by atoms with Crippen molar-refractivity contribution in [1.82, 2.24) is 0 Å². The van der Waals surface area contributed by atoms with E-state index >= 15 is 0 Å². The molecule has 18 heavy (non-hydrogen) atoms. The van der Waals surface area contributed by atoms with Gasteiger partial charge in [-0.2, -0.15) is 0 Å². The number of aliphatic carboxylic acids is 1. The van der Waals surface area contributed by atoms with Gasteiger partial charge >= 0.3 is 5.97 Å². The van der Waals surface area contributed by atoms with Gasteiger partial charge in [0, 0.05) is 18.7 Å². The van der Waals surface area contributed by atoms with Crippen LogP contribution in [0.1, 0.15) is 24.4 Å². The molecule has 0 saturated carbocycles. The monoisotopic (exact) mass is 288 g/mol. The first-order chi connectivity index (χ1) is 8.52. The topological polar surface area (TPSA) is 66.6 Å². The maximum absolute atomic E-state index is 10.9. The summed E-state index contributed by atoms with van der Waals surface area (Å²) in [7, 11) is 0. The molecule has 0 spiro atoms. The number of nitrogens with zero attached hydrogens (tertiary/aromatic N) is 1. The zero-order valence-corrected chi connectivity index (χ0v) is 11.2. The van der Waals surface area contributed by atoms with Gasteiger partial charge in [-0.15, -0.1) is 0 Å². The lowest BCUT2D eigenvalue weighted by Crippen LogP contribution is -2.22. The third kappa shape index (κ3) is 2.41. The van der Waals surface area contributed by atoms with Gasteiger partial charge in [-0.25, -0.2) is 0 Å². The second-order valence-electron chi connectivity index (χ2n) is 4.31. The minimum Gasteiger partial charge on any atom is -0.480 e. The average molecular weight is 289 g/mol. The van der Waals surface area contributed by atoms with Gasteiger partial charge in [-0.3, -0.25) is 4.79 Å². The van der Waals surface area contributed by atoms with E-state index in [4.69, 9.17) is 34.0 Å². The molecule has 0 unspecified atom stereocenters. The van der Waals surface area contributed by atoms with E-state index in [1.165, 1.54) is 0 Å². The Kier molecular flexibility index (Phi) is 4.00. The molecule has 2 rings (SSSR count). The first kappa shape index (κ1) is 13.5. The summed E-state index contributed by atoms with van der Waals surface area (Å²) in [6.45, 7) is 1.89. The van der Waals surface area contributed by atoms with E-state index in [9.17, 15) is 4.79 Å². The van der Waals surface area contributed by atoms with E-state index in [0.29, 0.717) is 10.6 Å². The summed E-state index contributed by atoms with van der Waals surface area (Å²) >= 11 is 12.3. The molecule has 0 amide bonds. The van der Waals surface area contributed by atoms with Crippen LogP contribution in [0.3, 0.4) is 0 Å². The lowest BCUT2D eigenvalue weighted by atomic mass is 10.1. The third-order valence-electron chi connectivity index (χ3n) is 3.14. The number of carboxylic acid groups (broad SMARTS) is 1. The summed E-state index contributed by atoms with van der Waals surface area (Å²) in [6, 6.07) is 2.28. The van der Waals surface area contributed by atoms with Gasteiger partial charge < -0.3 is 15.7 Å². The molecular formula is C12H14Cl2N2O2. The van der Waals surface area contributed by atoms with Crippen molar-refractivity contribution in [3.63, 3.8) is 0 Å². The predicted molar refractivity (Wildman–Crippen MR) is 72.5 cm³/mol. The summed E-state index contributed by atoms with van der Waals surface area (Å²) < 4.78 is 0. The van der Waals surface area contributed by atoms with Crippen LogP contribution in [0, 0.1) is 0 Å². The highest BCUT2D eigenvalue weighted by Gasteiger charge is 2.23. The van der Waals surface area contributed by atoms with Crippen molar-refractivity contribution in [3.05, 3.63) is 27.7 Å². The van der Waals surface area contributed by atoms with Crippen LogP contribution in [0.25, 0.3) is 0 Å². The number of hydrogen-bond donors (Lipinski definition) is 2. The molecule has 4 nitrogen and oxygen atoms in total. The molecule has 0 bridgehead atoms. The van der Waals surface area contributed by atoms with Crippen LogP contribution in [0.4, 0.5) is 5.69 Å². The average Bonchev–Trinajstić information content (AvgIpc) is 2.85. The lowest BCUT2D eigenvalue weighted by molar-refractivity contribution is -0.138. The smallest absolute Gasteiger partial charge is 0.325 e. The number of nitrogens with two attached hydrogens (primary N) is 1. The van der Waals surface area contributed by atoms with Crippen molar-refractivity contribution in [3.8, 4) is 0 Å². The van der Waals surface area contributed by atoms with Gasteiger partial charge in [0.15, 0.2) is 0 Å². The Bertz CT molecular complexity index is 473. The van der Waals surface area contributed by atoms with E-state index in [-0.39, 0.29) is 5.02 Å². The first-order valence-corrected chi connectivity index (χ1v) is 6.49. The van der Waals surface area contributed by atoms with Gasteiger partial charge in [0.1, 0.15) is 6.04 Å². The van der Waals surface area contributed by atoms with Gasteiger partial charge in [0.05, 0.1) is 15.7 Å². The summed E-state index contributed by atoms with van der Waals surface area (Å²) in [4.78, 5) is 13.0. The molecule has 0 aromatic heterocycles. The minimum absolute atomic E-state index is 0.232. The molecule has 6 heteroatoms. The Morgan fingerprint density at radius 2 is 1.89 bits per heavy atom. The highest BCUT2D eigenvalue weighted by atomic mass is 35.5. The fourth-order valence-electron chi connectivity index (χ4n) is 2.13. The zero-order chi connectivity index (χ0) is 13.3. The molecule has 0 aliphatic carbocycles. The quantitative estimate of drug-likeness (QED) is 0.897. The summed E-state index contributed by atoms with van der Waals surface area (Å²) in [5.74, 6) is -1.12. The summed E-state index contributed by atoms with van der Waals surface area (Å²) in [5, 5.41) is 9.51. The maximum Gasteiger partial charge on any atom is 0.325 e. The summed E-state index contributed by atoms with van der Waals surface area (Å²) in [5.41, 5.74) is 6.75. The molecule has 98 valence electrons. The van der Waals surface area contributed by atoms with E-state index in [1.807, 2.05) is 0 Å². The van der Waals surface area contributed by atoms with Crippen LogP contribution in [-0.2, 0) is 4.79 Å². The Labute approximate surface area is 115 Å². The van der Waals surface area contributed by atoms with Gasteiger partial charge in [-0.05, 0) is 18.9 Å². The number of carbonyl (C=O) groups is 1. The zero-order valence-electron chi connectivity index (χ0n) is 9.70. The van der Waals surface area contributed by atoms with Gasteiger partial charge in [0.25, 0.3) is 0 Å². The van der Waals surface area contributed by atoms with Crippen LogP contribution in [0.15, 0.2) is 12.1 Å². The van der Waals surface area contributed by atoms with Crippen molar-refractivity contribution in [1.29, 1.82) is 0 Å². The SMILES string of the molecule is N[C@H](C(=O)O)c1ccc(N2CCCC2)c(Cl)c1Cl. The molecule has 1 fully saturated rings. The molecule has 1 aromatic rings. The summed E-state index contributed by atoms with van der Waals surface area (Å²) in [6.07, 6.45) is 2.26. The molecule has 1 heterocycles. The standard InChI is InChI=1S/C12H14Cl2N2O2/c13-9-7(11(15)12(17)18)3-4-8(10(9)14)16-5-1-2-6-16/h3-4,11H,1-2,5-6,15H2,(H,17,18)/t11-/m0/s1. The lowest BCUT2D eigenvalue weighted by Gasteiger charge is -2.21. The fraction of sp³-hybridized carbons (Fsp3) is 0.417. The van der Waals surface area contributed by atoms with E-state index < -0.39 is 12.0 Å². The van der Waals surface area contributed by atoms with Crippen LogP contribution >= 0.6 is 23.2 Å². The highest BCUT2D eigenvalue weighted by Crippen LogP contribution is 2.38. The molecule has 0 radical (unpaired) electrons. The van der Waals surface area contributed by atoms with Crippen molar-refractivity contribution in [2.45, 2.75) is 18.9 Å². The van der Waals surface area contributed by atoms with Crippen molar-refractivity contribution >= 4 is 34.9 Å². The minimum atomic E-state index is -1.15. The number of halogens is 2. The van der Waals surface area contributed by atoms with Crippen LogP contribution in [0.2, 0.25) is 10.0 Å². The van der Waals surface area contributed by atoms with Crippen molar-refractivity contribution in [2.75, 3.05) is 18.0 Å². The Morgan fingerprint density at radius 1 is 1.28 bits per heavy atom. The second kappa shape index (κ2) is 5.34. The molecule has 1 aliphatic heterocycles. The molecular weight excluding hydrogens is 275 g/mol.